The number of benzene rings is 2. The van der Waals surface area contributed by atoms with E-state index in [1.54, 1.807) is 36.5 Å². The van der Waals surface area contributed by atoms with Crippen molar-refractivity contribution >= 4 is 33.8 Å². The maximum Gasteiger partial charge on any atom is 0.231 e. The summed E-state index contributed by atoms with van der Waals surface area (Å²) in [5.74, 6) is 0.898. The van der Waals surface area contributed by atoms with Gasteiger partial charge in [0.2, 0.25) is 11.3 Å². The molecule has 5 rings (SSSR count). The molecule has 0 amide bonds. The van der Waals surface area contributed by atoms with Gasteiger partial charge in [0.05, 0.1) is 18.7 Å². The van der Waals surface area contributed by atoms with E-state index in [9.17, 15) is 8.60 Å². The molecule has 0 spiro atoms. The van der Waals surface area contributed by atoms with Crippen molar-refractivity contribution in [2.75, 3.05) is 43.5 Å². The zero-order valence-electron chi connectivity index (χ0n) is 20.3. The Morgan fingerprint density at radius 2 is 1.92 bits per heavy atom. The number of nitrogens with zero attached hydrogens (tertiary/aromatic N) is 4. The summed E-state index contributed by atoms with van der Waals surface area (Å²) >= 11 is -2.25. The second-order valence-corrected chi connectivity index (χ2v) is 9.57. The first-order valence-electron chi connectivity index (χ1n) is 12.0. The number of nitrogens with one attached hydrogen (secondary N) is 1. The van der Waals surface area contributed by atoms with Crippen LogP contribution in [0, 0.1) is 5.82 Å². The Bertz CT molecular complexity index is 1470. The number of rotatable bonds is 8. The maximum atomic E-state index is 15.5. The molecular weight excluding hydrogens is 514 g/mol. The van der Waals surface area contributed by atoms with Crippen molar-refractivity contribution in [3.05, 3.63) is 66.1 Å². The van der Waals surface area contributed by atoms with E-state index >= 15 is 4.39 Å². The molecule has 1 aliphatic rings. The summed E-state index contributed by atoms with van der Waals surface area (Å²) in [4.78, 5) is 15.8. The van der Waals surface area contributed by atoms with Gasteiger partial charge in [-0.15, -0.1) is 0 Å². The average molecular weight is 541 g/mol. The van der Waals surface area contributed by atoms with Crippen LogP contribution in [0.5, 0.6) is 0 Å². The van der Waals surface area contributed by atoms with E-state index in [0.29, 0.717) is 60.4 Å². The summed E-state index contributed by atoms with van der Waals surface area (Å²) in [5.41, 5.74) is 7.81. The Morgan fingerprint density at radius 3 is 2.66 bits per heavy atom. The van der Waals surface area contributed by atoms with Crippen LogP contribution in [0.25, 0.3) is 33.4 Å². The van der Waals surface area contributed by atoms with Crippen molar-refractivity contribution in [3.63, 3.8) is 0 Å². The molecule has 3 heterocycles. The Hall–Kier alpha value is -3.58. The van der Waals surface area contributed by atoms with E-state index in [-0.39, 0.29) is 24.1 Å². The van der Waals surface area contributed by atoms with Gasteiger partial charge in [0.25, 0.3) is 0 Å². The molecule has 4 N–H and O–H groups in total. The fraction of sp³-hybridized carbons (Fsp3) is 0.269. The van der Waals surface area contributed by atoms with E-state index in [4.69, 9.17) is 25.0 Å². The molecule has 0 aliphatic carbocycles. The van der Waals surface area contributed by atoms with Crippen LogP contribution in [-0.2, 0) is 16.0 Å². The average Bonchev–Trinajstić information content (AvgIpc) is 2.93. The lowest BCUT2D eigenvalue weighted by molar-refractivity contribution is 0.122. The van der Waals surface area contributed by atoms with E-state index in [0.717, 1.165) is 5.39 Å². The molecule has 38 heavy (non-hydrogen) atoms. The number of ether oxygens (including phenoxy) is 1. The molecule has 2 unspecified atom stereocenters. The SMILES string of the molecule is Nc1ccc(-c2nc(N3CCOCC3)c3cc(-c4cccc(C(F)CCNS(=O)O)c4F)ccc3n2)cn1. The van der Waals surface area contributed by atoms with Gasteiger partial charge in [0.15, 0.2) is 5.82 Å². The van der Waals surface area contributed by atoms with Crippen molar-refractivity contribution in [3.8, 4) is 22.5 Å². The third-order valence-electron chi connectivity index (χ3n) is 6.33. The molecule has 1 fully saturated rings. The Balaban J connectivity index is 1.56. The van der Waals surface area contributed by atoms with Gasteiger partial charge in [-0.05, 0) is 36.2 Å². The summed E-state index contributed by atoms with van der Waals surface area (Å²) in [6, 6.07) is 13.4. The summed E-state index contributed by atoms with van der Waals surface area (Å²) < 4.78 is 57.7. The third-order valence-corrected chi connectivity index (χ3v) is 6.78. The fourth-order valence-electron chi connectivity index (χ4n) is 4.41. The maximum absolute atomic E-state index is 15.5. The normalized spacial score (nSPS) is 15.5. The van der Waals surface area contributed by atoms with Crippen molar-refractivity contribution in [1.29, 1.82) is 0 Å². The first-order chi connectivity index (χ1) is 18.4. The molecule has 9 nitrogen and oxygen atoms in total. The van der Waals surface area contributed by atoms with Crippen molar-refractivity contribution in [1.82, 2.24) is 19.7 Å². The van der Waals surface area contributed by atoms with Gasteiger partial charge in [-0.3, -0.25) is 4.55 Å². The number of anilines is 2. The summed E-state index contributed by atoms with van der Waals surface area (Å²) in [6.45, 7) is 2.30. The number of morpholine rings is 1. The van der Waals surface area contributed by atoms with Crippen LogP contribution in [0.2, 0.25) is 0 Å². The molecule has 0 saturated carbocycles. The lowest BCUT2D eigenvalue weighted by Crippen LogP contribution is -2.37. The molecule has 2 atom stereocenters. The minimum absolute atomic E-state index is 0.0734. The van der Waals surface area contributed by atoms with Crippen LogP contribution in [0.3, 0.4) is 0 Å². The summed E-state index contributed by atoms with van der Waals surface area (Å²) in [5, 5.41) is 0.729. The zero-order chi connectivity index (χ0) is 26.6. The van der Waals surface area contributed by atoms with Gasteiger partial charge in [-0.25, -0.2) is 32.7 Å². The van der Waals surface area contributed by atoms with Crippen LogP contribution in [0.15, 0.2) is 54.7 Å². The number of pyridine rings is 1. The van der Waals surface area contributed by atoms with Gasteiger partial charge in [0.1, 0.15) is 23.6 Å². The predicted octanol–water partition coefficient (Wildman–Crippen LogP) is 4.04. The van der Waals surface area contributed by atoms with Crippen LogP contribution in [0.1, 0.15) is 18.2 Å². The van der Waals surface area contributed by atoms with E-state index < -0.39 is 23.3 Å². The third kappa shape index (κ3) is 5.63. The number of hydrogen-bond donors (Lipinski definition) is 3. The molecule has 1 saturated heterocycles. The fourth-order valence-corrected chi connectivity index (χ4v) is 4.70. The van der Waals surface area contributed by atoms with Crippen LogP contribution < -0.4 is 15.4 Å². The monoisotopic (exact) mass is 540 g/mol. The standard InChI is InChI=1S/C26H26F2N6O3S/c27-21(8-9-31-38(35)36)19-3-1-2-18(24(19)28)16-4-6-22-20(14-16)26(34-10-12-37-13-11-34)33-25(32-22)17-5-7-23(29)30-15-17/h1-7,14-15,21,31H,8-13H2,(H2,29,30)(H,35,36). The molecular formula is C26H26F2N6O3S. The molecule has 12 heteroatoms. The molecule has 1 aliphatic heterocycles. The van der Waals surface area contributed by atoms with Crippen molar-refractivity contribution in [2.45, 2.75) is 12.6 Å². The van der Waals surface area contributed by atoms with E-state index in [2.05, 4.69) is 14.6 Å². The van der Waals surface area contributed by atoms with E-state index in [1.807, 2.05) is 12.1 Å². The van der Waals surface area contributed by atoms with Gasteiger partial charge in [-0.1, -0.05) is 24.3 Å². The van der Waals surface area contributed by atoms with Gasteiger partial charge < -0.3 is 15.4 Å². The minimum atomic E-state index is -2.25. The zero-order valence-corrected chi connectivity index (χ0v) is 21.1. The van der Waals surface area contributed by atoms with E-state index in [1.165, 1.54) is 6.07 Å². The highest BCUT2D eigenvalue weighted by molar-refractivity contribution is 7.77. The Labute approximate surface area is 220 Å². The lowest BCUT2D eigenvalue weighted by atomic mass is 9.97. The molecule has 4 aromatic rings. The Morgan fingerprint density at radius 1 is 1.13 bits per heavy atom. The summed E-state index contributed by atoms with van der Waals surface area (Å²) in [7, 11) is 0. The largest absolute Gasteiger partial charge is 0.384 e. The topological polar surface area (TPSA) is 126 Å². The van der Waals surface area contributed by atoms with Crippen LogP contribution in [0.4, 0.5) is 20.4 Å². The van der Waals surface area contributed by atoms with Gasteiger partial charge >= 0.3 is 0 Å². The van der Waals surface area contributed by atoms with Gasteiger partial charge in [0, 0.05) is 47.9 Å². The predicted molar refractivity (Wildman–Crippen MR) is 143 cm³/mol. The van der Waals surface area contributed by atoms with Gasteiger partial charge in [-0.2, -0.15) is 0 Å². The smallest absolute Gasteiger partial charge is 0.231 e. The van der Waals surface area contributed by atoms with Crippen LogP contribution in [-0.4, -0.2) is 56.6 Å². The number of halogens is 2. The number of fused-ring (bicyclic) bond motifs is 1. The van der Waals surface area contributed by atoms with Crippen molar-refractivity contribution in [2.24, 2.45) is 0 Å². The summed E-state index contributed by atoms with van der Waals surface area (Å²) in [6.07, 6.45) is -0.173. The first kappa shape index (κ1) is 26.0. The number of alkyl halides is 1. The number of aromatic nitrogens is 3. The molecule has 2 aromatic carbocycles. The highest BCUT2D eigenvalue weighted by Crippen LogP contribution is 2.35. The minimum Gasteiger partial charge on any atom is -0.384 e. The number of hydrogen-bond acceptors (Lipinski definition) is 7. The second kappa shape index (κ2) is 11.4. The lowest BCUT2D eigenvalue weighted by Gasteiger charge is -2.29. The second-order valence-electron chi connectivity index (χ2n) is 8.78. The highest BCUT2D eigenvalue weighted by Gasteiger charge is 2.21. The number of nitrogen functional groups attached to an aromatic ring is 1. The molecule has 0 radical (unpaired) electrons. The first-order valence-corrected chi connectivity index (χ1v) is 13.1. The molecule has 198 valence electrons. The van der Waals surface area contributed by atoms with Crippen LogP contribution >= 0.6 is 0 Å². The molecule has 0 bridgehead atoms. The Kier molecular flexibility index (Phi) is 7.84. The molecule has 2 aromatic heterocycles. The number of nitrogens with two attached hydrogens (primary N) is 1. The highest BCUT2D eigenvalue weighted by atomic mass is 32.2. The quantitative estimate of drug-likeness (QED) is 0.286. The van der Waals surface area contributed by atoms with Crippen molar-refractivity contribution < 1.29 is 22.3 Å².